The Bertz CT molecular complexity index is 492. The minimum Gasteiger partial charge on any atom is -0.390 e. The molecule has 2 rings (SSSR count). The number of benzene rings is 1. The predicted molar refractivity (Wildman–Crippen MR) is 79.9 cm³/mol. The van der Waals surface area contributed by atoms with Crippen LogP contribution in [0.15, 0.2) is 30.3 Å². The number of nitrogens with zero attached hydrogens (tertiary/aromatic N) is 1. The summed E-state index contributed by atoms with van der Waals surface area (Å²) in [6.07, 6.45) is 1.13. The highest BCUT2D eigenvalue weighted by atomic mass is 16.3. The molecule has 1 heterocycles. The fraction of sp³-hybridized carbons (Fsp3) is 0.467. The lowest BCUT2D eigenvalue weighted by Gasteiger charge is -2.35. The van der Waals surface area contributed by atoms with E-state index in [0.717, 1.165) is 0 Å². The number of amides is 3. The summed E-state index contributed by atoms with van der Waals surface area (Å²) in [5.41, 5.74) is -0.00834. The number of hydrogen-bond donors (Lipinski definition) is 3. The number of piperidine rings is 1. The lowest BCUT2D eigenvalue weighted by atomic mass is 9.94. The van der Waals surface area contributed by atoms with Crippen LogP contribution in [0.2, 0.25) is 0 Å². The molecule has 3 N–H and O–H groups in total. The van der Waals surface area contributed by atoms with Crippen molar-refractivity contribution in [1.82, 2.24) is 10.2 Å². The normalized spacial score (nSPS) is 17.1. The number of anilines is 1. The molecule has 6 nitrogen and oxygen atoms in total. The van der Waals surface area contributed by atoms with Gasteiger partial charge in [-0.2, -0.15) is 0 Å². The zero-order valence-electron chi connectivity index (χ0n) is 12.1. The van der Waals surface area contributed by atoms with Crippen LogP contribution < -0.4 is 10.6 Å². The number of carbonyl (C=O) groups is 2. The van der Waals surface area contributed by atoms with Crippen molar-refractivity contribution in [3.8, 4) is 0 Å². The predicted octanol–water partition coefficient (Wildman–Crippen LogP) is 1.18. The summed E-state index contributed by atoms with van der Waals surface area (Å²) in [6, 6.07) is 8.64. The van der Waals surface area contributed by atoms with Crippen molar-refractivity contribution < 1.29 is 14.7 Å². The molecule has 0 saturated carbocycles. The van der Waals surface area contributed by atoms with Crippen LogP contribution in [-0.4, -0.2) is 47.2 Å². The van der Waals surface area contributed by atoms with E-state index < -0.39 is 11.6 Å². The number of carbonyl (C=O) groups excluding carboxylic acids is 2. The van der Waals surface area contributed by atoms with E-state index in [4.69, 9.17) is 0 Å². The van der Waals surface area contributed by atoms with Crippen LogP contribution in [0, 0.1) is 0 Å². The van der Waals surface area contributed by atoms with Crippen LogP contribution in [0.1, 0.15) is 19.8 Å². The third kappa shape index (κ3) is 4.75. The smallest absolute Gasteiger partial charge is 0.319 e. The zero-order valence-corrected chi connectivity index (χ0v) is 12.1. The van der Waals surface area contributed by atoms with Gasteiger partial charge >= 0.3 is 6.03 Å². The summed E-state index contributed by atoms with van der Waals surface area (Å²) in [6.45, 7) is 2.78. The number of nitrogens with one attached hydrogen (secondary N) is 2. The molecule has 114 valence electrons. The first-order valence-corrected chi connectivity index (χ1v) is 7.06. The number of likely N-dealkylation sites (tertiary alicyclic amines) is 1. The van der Waals surface area contributed by atoms with Crippen molar-refractivity contribution in [2.75, 3.05) is 25.0 Å². The third-order valence-corrected chi connectivity index (χ3v) is 3.63. The van der Waals surface area contributed by atoms with Gasteiger partial charge in [-0.1, -0.05) is 18.2 Å². The van der Waals surface area contributed by atoms with Crippen LogP contribution >= 0.6 is 0 Å². The molecule has 1 aromatic rings. The van der Waals surface area contributed by atoms with Gasteiger partial charge < -0.3 is 20.6 Å². The maximum Gasteiger partial charge on any atom is 0.319 e. The van der Waals surface area contributed by atoms with E-state index in [9.17, 15) is 14.7 Å². The highest BCUT2D eigenvalue weighted by Crippen LogP contribution is 2.20. The molecule has 1 aliphatic heterocycles. The number of para-hydroxylation sites is 1. The standard InChI is InChI=1S/C15H21N3O3/c1-15(21)7-9-18(10-8-15)13(19)11-16-14(20)17-12-5-3-2-4-6-12/h2-6,21H,7-11H2,1H3,(H2,16,17,20). The number of urea groups is 1. The fourth-order valence-corrected chi connectivity index (χ4v) is 2.20. The van der Waals surface area contributed by atoms with Gasteiger partial charge in [0.2, 0.25) is 5.91 Å². The second-order valence-electron chi connectivity index (χ2n) is 5.55. The monoisotopic (exact) mass is 291 g/mol. The molecule has 1 aromatic carbocycles. The van der Waals surface area contributed by atoms with E-state index in [-0.39, 0.29) is 12.5 Å². The van der Waals surface area contributed by atoms with Gasteiger partial charge in [0.1, 0.15) is 0 Å². The minimum absolute atomic E-state index is 0.0409. The molecule has 21 heavy (non-hydrogen) atoms. The zero-order chi connectivity index (χ0) is 15.3. The van der Waals surface area contributed by atoms with Crippen LogP contribution in [0.25, 0.3) is 0 Å². The first-order valence-electron chi connectivity index (χ1n) is 7.06. The van der Waals surface area contributed by atoms with Crippen LogP contribution in [-0.2, 0) is 4.79 Å². The highest BCUT2D eigenvalue weighted by molar-refractivity contribution is 5.92. The maximum atomic E-state index is 12.0. The van der Waals surface area contributed by atoms with Crippen LogP contribution in [0.3, 0.4) is 0 Å². The van der Waals surface area contributed by atoms with Crippen molar-refractivity contribution in [2.24, 2.45) is 0 Å². The summed E-state index contributed by atoms with van der Waals surface area (Å²) in [5.74, 6) is -0.131. The molecule has 1 aliphatic rings. The quantitative estimate of drug-likeness (QED) is 0.782. The van der Waals surface area contributed by atoms with E-state index >= 15 is 0 Å². The summed E-state index contributed by atoms with van der Waals surface area (Å²) >= 11 is 0. The van der Waals surface area contributed by atoms with Gasteiger partial charge in [0.05, 0.1) is 12.1 Å². The molecule has 3 amide bonds. The van der Waals surface area contributed by atoms with Crippen LogP contribution in [0.5, 0.6) is 0 Å². The average Bonchev–Trinajstić information content (AvgIpc) is 2.46. The van der Waals surface area contributed by atoms with Crippen molar-refractivity contribution in [1.29, 1.82) is 0 Å². The van der Waals surface area contributed by atoms with Crippen LogP contribution in [0.4, 0.5) is 10.5 Å². The van der Waals surface area contributed by atoms with Crippen molar-refractivity contribution in [2.45, 2.75) is 25.4 Å². The fourth-order valence-electron chi connectivity index (χ4n) is 2.20. The summed E-state index contributed by atoms with van der Waals surface area (Å²) < 4.78 is 0. The number of hydrogen-bond acceptors (Lipinski definition) is 3. The Morgan fingerprint density at radius 2 is 1.86 bits per heavy atom. The lowest BCUT2D eigenvalue weighted by Crippen LogP contribution is -2.48. The SMILES string of the molecule is CC1(O)CCN(C(=O)CNC(=O)Nc2ccccc2)CC1. The molecule has 0 atom stereocenters. The Hall–Kier alpha value is -2.08. The van der Waals surface area contributed by atoms with Gasteiger partial charge in [-0.15, -0.1) is 0 Å². The van der Waals surface area contributed by atoms with Gasteiger partial charge in [0.25, 0.3) is 0 Å². The molecule has 1 saturated heterocycles. The average molecular weight is 291 g/mol. The first kappa shape index (κ1) is 15.3. The second kappa shape index (κ2) is 6.58. The Labute approximate surface area is 124 Å². The van der Waals surface area contributed by atoms with Crippen molar-refractivity contribution in [3.05, 3.63) is 30.3 Å². The summed E-state index contributed by atoms with van der Waals surface area (Å²) in [5, 5.41) is 15.0. The Kier molecular flexibility index (Phi) is 4.80. The molecule has 0 spiro atoms. The molecule has 0 aliphatic carbocycles. The molecule has 0 unspecified atom stereocenters. The van der Waals surface area contributed by atoms with E-state index in [1.807, 2.05) is 18.2 Å². The number of rotatable bonds is 3. The molecular formula is C15H21N3O3. The van der Waals surface area contributed by atoms with Gasteiger partial charge in [-0.05, 0) is 31.9 Å². The third-order valence-electron chi connectivity index (χ3n) is 3.63. The highest BCUT2D eigenvalue weighted by Gasteiger charge is 2.29. The largest absolute Gasteiger partial charge is 0.390 e. The van der Waals surface area contributed by atoms with Gasteiger partial charge in [0, 0.05) is 18.8 Å². The topological polar surface area (TPSA) is 81.7 Å². The number of aliphatic hydroxyl groups is 1. The maximum absolute atomic E-state index is 12.0. The van der Waals surface area contributed by atoms with E-state index in [2.05, 4.69) is 10.6 Å². The Balaban J connectivity index is 1.73. The minimum atomic E-state index is -0.686. The molecule has 6 heteroatoms. The summed E-state index contributed by atoms with van der Waals surface area (Å²) in [7, 11) is 0. The van der Waals surface area contributed by atoms with E-state index in [0.29, 0.717) is 31.6 Å². The molecule has 0 radical (unpaired) electrons. The Morgan fingerprint density at radius 3 is 2.48 bits per heavy atom. The molecule has 0 aromatic heterocycles. The van der Waals surface area contributed by atoms with E-state index in [1.54, 1.807) is 24.0 Å². The Morgan fingerprint density at radius 1 is 1.24 bits per heavy atom. The van der Waals surface area contributed by atoms with Gasteiger partial charge in [0.15, 0.2) is 0 Å². The molecular weight excluding hydrogens is 270 g/mol. The van der Waals surface area contributed by atoms with E-state index in [1.165, 1.54) is 0 Å². The lowest BCUT2D eigenvalue weighted by molar-refractivity contribution is -0.133. The first-order chi connectivity index (χ1) is 9.96. The van der Waals surface area contributed by atoms with Crippen molar-refractivity contribution in [3.63, 3.8) is 0 Å². The molecule has 0 bridgehead atoms. The molecule has 1 fully saturated rings. The van der Waals surface area contributed by atoms with Gasteiger partial charge in [-0.25, -0.2) is 4.79 Å². The van der Waals surface area contributed by atoms with Crippen molar-refractivity contribution >= 4 is 17.6 Å². The second-order valence-corrected chi connectivity index (χ2v) is 5.55. The van der Waals surface area contributed by atoms with Gasteiger partial charge in [-0.3, -0.25) is 4.79 Å². The summed E-state index contributed by atoms with van der Waals surface area (Å²) in [4.78, 5) is 25.3.